The predicted molar refractivity (Wildman–Crippen MR) is 101 cm³/mol. The Morgan fingerprint density at radius 3 is 2.63 bits per heavy atom. The Labute approximate surface area is 156 Å². The Morgan fingerprint density at radius 2 is 2.04 bits per heavy atom. The molecule has 2 aliphatic carbocycles. The van der Waals surface area contributed by atoms with Crippen molar-refractivity contribution in [3.8, 4) is 6.07 Å². The topological polar surface area (TPSA) is 102 Å². The van der Waals surface area contributed by atoms with Crippen LogP contribution in [0.15, 0.2) is 22.2 Å². The minimum atomic E-state index is -0.448. The molecular formula is C20H21N5O2. The van der Waals surface area contributed by atoms with E-state index in [2.05, 4.69) is 26.1 Å². The fraction of sp³-hybridized carbons (Fsp3) is 0.550. The van der Waals surface area contributed by atoms with Gasteiger partial charge in [0.25, 0.3) is 5.56 Å². The molecule has 27 heavy (non-hydrogen) atoms. The molecule has 0 amide bonds. The number of pyridine rings is 2. The van der Waals surface area contributed by atoms with Crippen molar-refractivity contribution in [2.45, 2.75) is 44.6 Å². The lowest BCUT2D eigenvalue weighted by atomic mass is 9.92. The molecule has 1 N–H and O–H groups in total. The fourth-order valence-corrected chi connectivity index (χ4v) is 4.46. The lowest BCUT2D eigenvalue weighted by molar-refractivity contribution is 0.385. The number of nitroso groups, excluding NO2 is 1. The van der Waals surface area contributed by atoms with Gasteiger partial charge in [-0.25, -0.2) is 0 Å². The zero-order chi connectivity index (χ0) is 18.6. The molecule has 7 nitrogen and oxygen atoms in total. The second-order valence-corrected chi connectivity index (χ2v) is 8.32. The molecule has 1 spiro atoms. The van der Waals surface area contributed by atoms with Gasteiger partial charge < -0.3 is 9.88 Å². The first-order chi connectivity index (χ1) is 13.1. The fourth-order valence-electron chi connectivity index (χ4n) is 4.46. The number of nitriles is 1. The van der Waals surface area contributed by atoms with Gasteiger partial charge in [-0.15, -0.1) is 0 Å². The number of rotatable bonds is 4. The van der Waals surface area contributed by atoms with E-state index in [0.717, 1.165) is 44.2 Å². The molecule has 2 saturated carbocycles. The number of hydrogen-bond acceptors (Lipinski definition) is 6. The normalized spacial score (nSPS) is 21.8. The van der Waals surface area contributed by atoms with Gasteiger partial charge in [0.05, 0.1) is 23.1 Å². The van der Waals surface area contributed by atoms with E-state index in [1.807, 2.05) is 6.07 Å². The maximum Gasteiger partial charge on any atom is 0.268 e. The van der Waals surface area contributed by atoms with Crippen LogP contribution in [0, 0.1) is 27.6 Å². The number of aromatic amines is 1. The number of H-pyrrole nitrogens is 1. The van der Waals surface area contributed by atoms with Crippen molar-refractivity contribution in [3.05, 3.63) is 38.8 Å². The Hall–Kier alpha value is -2.75. The number of hydrogen-bond donors (Lipinski definition) is 1. The summed E-state index contributed by atoms with van der Waals surface area (Å²) in [7, 11) is 0. The molecule has 1 unspecified atom stereocenters. The van der Waals surface area contributed by atoms with Crippen molar-refractivity contribution in [1.29, 1.82) is 5.26 Å². The Balaban J connectivity index is 1.64. The quantitative estimate of drug-likeness (QED) is 0.839. The molecule has 1 aliphatic heterocycles. The van der Waals surface area contributed by atoms with Gasteiger partial charge in [-0.2, -0.15) is 10.2 Å². The van der Waals surface area contributed by atoms with Gasteiger partial charge in [-0.05, 0) is 55.9 Å². The van der Waals surface area contributed by atoms with Crippen LogP contribution in [0.4, 0.5) is 5.69 Å². The number of aromatic nitrogens is 2. The van der Waals surface area contributed by atoms with E-state index < -0.39 is 6.04 Å². The largest absolute Gasteiger partial charge is 0.370 e. The highest BCUT2D eigenvalue weighted by Crippen LogP contribution is 2.54. The van der Waals surface area contributed by atoms with Crippen LogP contribution in [-0.4, -0.2) is 23.1 Å². The van der Waals surface area contributed by atoms with Crippen LogP contribution in [0.5, 0.6) is 0 Å². The molecule has 1 atom stereocenters. The highest BCUT2D eigenvalue weighted by atomic mass is 16.3. The van der Waals surface area contributed by atoms with E-state index in [0.29, 0.717) is 22.3 Å². The van der Waals surface area contributed by atoms with Crippen LogP contribution in [0.2, 0.25) is 0 Å². The zero-order valence-corrected chi connectivity index (χ0v) is 15.1. The lowest BCUT2D eigenvalue weighted by Gasteiger charge is -2.34. The Kier molecular flexibility index (Phi) is 3.58. The average molecular weight is 363 g/mol. The third-order valence-corrected chi connectivity index (χ3v) is 6.59. The minimum Gasteiger partial charge on any atom is -0.370 e. The summed E-state index contributed by atoms with van der Waals surface area (Å²) in [5.74, 6) is 0.263. The van der Waals surface area contributed by atoms with E-state index in [4.69, 9.17) is 0 Å². The van der Waals surface area contributed by atoms with Gasteiger partial charge >= 0.3 is 0 Å². The predicted octanol–water partition coefficient (Wildman–Crippen LogP) is 3.39. The number of nitrogens with one attached hydrogen (secondary N) is 1. The molecule has 0 bridgehead atoms. The molecule has 2 aromatic heterocycles. The molecule has 0 aromatic carbocycles. The second kappa shape index (κ2) is 5.88. The van der Waals surface area contributed by atoms with Gasteiger partial charge in [0.2, 0.25) is 0 Å². The first-order valence-corrected chi connectivity index (χ1v) is 9.68. The first-order valence-electron chi connectivity index (χ1n) is 9.68. The summed E-state index contributed by atoms with van der Waals surface area (Å²) >= 11 is 0. The highest BCUT2D eigenvalue weighted by Gasteiger charge is 2.45. The smallest absolute Gasteiger partial charge is 0.268 e. The van der Waals surface area contributed by atoms with Crippen molar-refractivity contribution in [2.75, 3.05) is 18.0 Å². The van der Waals surface area contributed by atoms with Crippen LogP contribution in [-0.2, 0) is 0 Å². The molecule has 3 aliphatic rings. The molecule has 2 aromatic rings. The standard InChI is InChI=1S/C20H21N5O2/c21-10-14-18(25-7-5-20(3-4-20)6-8-25)13-9-15(17(24-27)12-1-2-12)22-11-16(13)23-19(14)26/h9,11-12,17H,1-8H2,(H,23,26). The molecule has 7 heteroatoms. The van der Waals surface area contributed by atoms with Crippen molar-refractivity contribution >= 4 is 16.6 Å². The van der Waals surface area contributed by atoms with Crippen molar-refractivity contribution < 1.29 is 0 Å². The Morgan fingerprint density at radius 1 is 1.30 bits per heavy atom. The zero-order valence-electron chi connectivity index (χ0n) is 15.1. The van der Waals surface area contributed by atoms with Gasteiger partial charge in [0.15, 0.2) is 0 Å². The molecule has 5 rings (SSSR count). The maximum absolute atomic E-state index is 12.5. The van der Waals surface area contributed by atoms with Gasteiger partial charge in [0.1, 0.15) is 17.7 Å². The van der Waals surface area contributed by atoms with Gasteiger partial charge in [-0.1, -0.05) is 5.18 Å². The molecular weight excluding hydrogens is 342 g/mol. The third-order valence-electron chi connectivity index (χ3n) is 6.59. The number of nitrogens with zero attached hydrogens (tertiary/aromatic N) is 4. The maximum atomic E-state index is 12.5. The summed E-state index contributed by atoms with van der Waals surface area (Å²) < 4.78 is 0. The molecule has 138 valence electrons. The second-order valence-electron chi connectivity index (χ2n) is 8.32. The molecule has 3 fully saturated rings. The lowest BCUT2D eigenvalue weighted by Crippen LogP contribution is -2.36. The summed E-state index contributed by atoms with van der Waals surface area (Å²) in [6.45, 7) is 1.70. The number of anilines is 1. The highest BCUT2D eigenvalue weighted by molar-refractivity contribution is 5.94. The average Bonchev–Trinajstić information content (AvgIpc) is 3.60. The van der Waals surface area contributed by atoms with E-state index in [1.54, 1.807) is 6.20 Å². The summed E-state index contributed by atoms with van der Waals surface area (Å²) in [5, 5.41) is 13.7. The number of piperidine rings is 1. The summed E-state index contributed by atoms with van der Waals surface area (Å²) in [6.07, 6.45) is 8.38. The van der Waals surface area contributed by atoms with Crippen LogP contribution < -0.4 is 10.5 Å². The molecule has 3 heterocycles. The summed E-state index contributed by atoms with van der Waals surface area (Å²) in [5.41, 5.74) is 2.20. The monoisotopic (exact) mass is 363 g/mol. The van der Waals surface area contributed by atoms with Gasteiger partial charge in [0, 0.05) is 18.5 Å². The van der Waals surface area contributed by atoms with E-state index >= 15 is 0 Å². The van der Waals surface area contributed by atoms with E-state index in [9.17, 15) is 15.0 Å². The third kappa shape index (κ3) is 2.71. The van der Waals surface area contributed by atoms with Crippen molar-refractivity contribution in [3.63, 3.8) is 0 Å². The van der Waals surface area contributed by atoms with E-state index in [1.165, 1.54) is 12.8 Å². The van der Waals surface area contributed by atoms with Crippen LogP contribution in [0.25, 0.3) is 10.9 Å². The van der Waals surface area contributed by atoms with Gasteiger partial charge in [-0.3, -0.25) is 9.78 Å². The summed E-state index contributed by atoms with van der Waals surface area (Å²) in [4.78, 5) is 33.1. The number of fused-ring (bicyclic) bond motifs is 1. The molecule has 1 saturated heterocycles. The van der Waals surface area contributed by atoms with Crippen molar-refractivity contribution in [2.24, 2.45) is 16.5 Å². The van der Waals surface area contributed by atoms with Crippen LogP contribution in [0.1, 0.15) is 55.8 Å². The van der Waals surface area contributed by atoms with E-state index in [-0.39, 0.29) is 17.0 Å². The first kappa shape index (κ1) is 16.4. The van der Waals surface area contributed by atoms with Crippen LogP contribution >= 0.6 is 0 Å². The van der Waals surface area contributed by atoms with Crippen LogP contribution in [0.3, 0.4) is 0 Å². The molecule has 0 radical (unpaired) electrons. The minimum absolute atomic E-state index is 0.147. The SMILES string of the molecule is N#Cc1c(N2CCC3(CC2)CC3)c2cc(C(N=O)C3CC3)ncc2[nH]c1=O. The Bertz CT molecular complexity index is 1020. The summed E-state index contributed by atoms with van der Waals surface area (Å²) in [6, 6.07) is 3.50. The van der Waals surface area contributed by atoms with Crippen molar-refractivity contribution in [1.82, 2.24) is 9.97 Å².